The molecule has 2 rings (SSSR count). The molecule has 0 saturated carbocycles. The summed E-state index contributed by atoms with van der Waals surface area (Å²) in [5.74, 6) is 2.99. The van der Waals surface area contributed by atoms with E-state index in [1.165, 1.54) is 16.7 Å². The molecule has 0 unspecified atom stereocenters. The number of hydrogen-bond acceptors (Lipinski definition) is 7. The summed E-state index contributed by atoms with van der Waals surface area (Å²) in [6.07, 6.45) is 0.742. The van der Waals surface area contributed by atoms with Crippen molar-refractivity contribution in [2.24, 2.45) is 0 Å². The number of rotatable bonds is 10. The molecule has 0 aliphatic heterocycles. The molecular formula is C20H26O5S2. The van der Waals surface area contributed by atoms with E-state index in [-0.39, 0.29) is 6.29 Å². The van der Waals surface area contributed by atoms with Crippen LogP contribution in [0.15, 0.2) is 58.3 Å². The van der Waals surface area contributed by atoms with Gasteiger partial charge in [0.05, 0.1) is 20.0 Å². The molecule has 27 heavy (non-hydrogen) atoms. The highest BCUT2D eigenvalue weighted by Gasteiger charge is 2.05. The normalized spacial score (nSPS) is 10.1. The van der Waals surface area contributed by atoms with Crippen LogP contribution in [0.1, 0.15) is 0 Å². The van der Waals surface area contributed by atoms with Gasteiger partial charge in [-0.15, -0.1) is 23.5 Å². The summed E-state index contributed by atoms with van der Waals surface area (Å²) in [6, 6.07) is 15.6. The van der Waals surface area contributed by atoms with Crippen molar-refractivity contribution in [3.05, 3.63) is 48.5 Å². The molecule has 0 radical (unpaired) electrons. The molecule has 0 saturated heterocycles. The smallest absolute Gasteiger partial charge is 0.166 e. The highest BCUT2D eigenvalue weighted by molar-refractivity contribution is 8.00. The minimum absolute atomic E-state index is 0.155. The SMILES string of the molecule is COc1ccc(SCC(OC)OC)cc1.COc1ccc(SCC=O)cc1. The third kappa shape index (κ3) is 9.72. The van der Waals surface area contributed by atoms with E-state index >= 15 is 0 Å². The first-order chi connectivity index (χ1) is 13.2. The average molecular weight is 411 g/mol. The fraction of sp³-hybridized carbons (Fsp3) is 0.350. The minimum atomic E-state index is -0.155. The fourth-order valence-electron chi connectivity index (χ4n) is 1.87. The lowest BCUT2D eigenvalue weighted by molar-refractivity contribution is -0.105. The van der Waals surface area contributed by atoms with Gasteiger partial charge >= 0.3 is 0 Å². The molecule has 0 spiro atoms. The van der Waals surface area contributed by atoms with Crippen molar-refractivity contribution in [3.63, 3.8) is 0 Å². The highest BCUT2D eigenvalue weighted by Crippen LogP contribution is 2.22. The Morgan fingerprint density at radius 1 is 0.778 bits per heavy atom. The Balaban J connectivity index is 0.000000277. The number of carbonyl (C=O) groups is 1. The summed E-state index contributed by atoms with van der Waals surface area (Å²) < 4.78 is 20.3. The Morgan fingerprint density at radius 3 is 1.59 bits per heavy atom. The predicted octanol–water partition coefficient (Wildman–Crippen LogP) is 4.39. The summed E-state index contributed by atoms with van der Waals surface area (Å²) >= 11 is 3.21. The maximum absolute atomic E-state index is 10.1. The number of ether oxygens (including phenoxy) is 4. The predicted molar refractivity (Wildman–Crippen MR) is 111 cm³/mol. The van der Waals surface area contributed by atoms with E-state index in [9.17, 15) is 4.79 Å². The molecule has 5 nitrogen and oxygen atoms in total. The second kappa shape index (κ2) is 14.4. The Labute approximate surface area is 169 Å². The number of hydrogen-bond donors (Lipinski definition) is 0. The second-order valence-corrected chi connectivity index (χ2v) is 7.23. The van der Waals surface area contributed by atoms with E-state index in [4.69, 9.17) is 18.9 Å². The quantitative estimate of drug-likeness (QED) is 0.327. The molecule has 0 atom stereocenters. The first kappa shape index (κ1) is 23.4. The van der Waals surface area contributed by atoms with Crippen LogP contribution in [0, 0.1) is 0 Å². The Bertz CT molecular complexity index is 628. The van der Waals surface area contributed by atoms with Gasteiger partial charge in [-0.3, -0.25) is 0 Å². The van der Waals surface area contributed by atoms with Gasteiger partial charge in [0.1, 0.15) is 17.8 Å². The monoisotopic (exact) mass is 410 g/mol. The molecule has 148 valence electrons. The molecule has 0 aromatic heterocycles. The second-order valence-electron chi connectivity index (χ2n) is 5.04. The third-order valence-corrected chi connectivity index (χ3v) is 5.30. The van der Waals surface area contributed by atoms with Gasteiger partial charge in [-0.2, -0.15) is 0 Å². The molecule has 2 aromatic carbocycles. The van der Waals surface area contributed by atoms with Crippen LogP contribution in [0.3, 0.4) is 0 Å². The standard InChI is InChI=1S/C11H16O3S.C9H10O2S/c1-12-9-4-6-10(7-5-9)15-8-11(13-2)14-3;1-11-8-2-4-9(5-3-8)12-7-6-10/h4-7,11H,8H2,1-3H3;2-6H,7H2,1H3. The molecule has 0 N–H and O–H groups in total. The third-order valence-electron chi connectivity index (χ3n) is 3.35. The molecule has 0 amide bonds. The number of carbonyl (C=O) groups excluding carboxylic acids is 1. The number of aldehydes is 1. The summed E-state index contributed by atoms with van der Waals surface area (Å²) in [7, 11) is 6.58. The molecule has 0 fully saturated rings. The topological polar surface area (TPSA) is 54.0 Å². The van der Waals surface area contributed by atoms with Crippen molar-refractivity contribution in [1.29, 1.82) is 0 Å². The van der Waals surface area contributed by atoms with Gasteiger partial charge in [0.15, 0.2) is 6.29 Å². The number of methoxy groups -OCH3 is 4. The van der Waals surface area contributed by atoms with E-state index in [1.54, 1.807) is 40.2 Å². The zero-order chi connectivity index (χ0) is 19.9. The first-order valence-electron chi connectivity index (χ1n) is 8.19. The van der Waals surface area contributed by atoms with Gasteiger partial charge in [0.2, 0.25) is 0 Å². The number of thioether (sulfide) groups is 2. The van der Waals surface area contributed by atoms with Crippen molar-refractivity contribution in [2.75, 3.05) is 39.9 Å². The summed E-state index contributed by atoms with van der Waals surface area (Å²) in [5, 5.41) is 0. The van der Waals surface area contributed by atoms with E-state index in [0.29, 0.717) is 5.75 Å². The van der Waals surface area contributed by atoms with Crippen LogP contribution >= 0.6 is 23.5 Å². The van der Waals surface area contributed by atoms with E-state index in [2.05, 4.69) is 0 Å². The van der Waals surface area contributed by atoms with Crippen LogP contribution < -0.4 is 9.47 Å². The lowest BCUT2D eigenvalue weighted by Gasteiger charge is -2.12. The lowest BCUT2D eigenvalue weighted by Crippen LogP contribution is -2.15. The van der Waals surface area contributed by atoms with Gasteiger partial charge in [0.25, 0.3) is 0 Å². The Morgan fingerprint density at radius 2 is 1.22 bits per heavy atom. The van der Waals surface area contributed by atoms with Gasteiger partial charge in [0, 0.05) is 29.8 Å². The van der Waals surface area contributed by atoms with Crippen molar-refractivity contribution >= 4 is 29.8 Å². The van der Waals surface area contributed by atoms with Crippen LogP contribution in [0.5, 0.6) is 11.5 Å². The molecule has 2 aromatic rings. The summed E-state index contributed by atoms with van der Waals surface area (Å²) in [6.45, 7) is 0. The minimum Gasteiger partial charge on any atom is -0.497 e. The van der Waals surface area contributed by atoms with Gasteiger partial charge in [-0.05, 0) is 48.5 Å². The largest absolute Gasteiger partial charge is 0.497 e. The average Bonchev–Trinajstić information content (AvgIpc) is 2.74. The summed E-state index contributed by atoms with van der Waals surface area (Å²) in [4.78, 5) is 12.3. The van der Waals surface area contributed by atoms with Gasteiger partial charge in [-0.1, -0.05) is 0 Å². The van der Waals surface area contributed by atoms with Crippen molar-refractivity contribution < 1.29 is 23.7 Å². The maximum atomic E-state index is 10.1. The van der Waals surface area contributed by atoms with Crippen LogP contribution in [0.25, 0.3) is 0 Å². The van der Waals surface area contributed by atoms with Crippen molar-refractivity contribution in [2.45, 2.75) is 16.1 Å². The zero-order valence-electron chi connectivity index (χ0n) is 16.0. The lowest BCUT2D eigenvalue weighted by atomic mass is 10.3. The number of benzene rings is 2. The molecule has 0 aliphatic rings. The summed E-state index contributed by atoms with van der Waals surface area (Å²) in [5.41, 5.74) is 0. The molecular weight excluding hydrogens is 384 g/mol. The molecule has 0 bridgehead atoms. The van der Waals surface area contributed by atoms with E-state index < -0.39 is 0 Å². The van der Waals surface area contributed by atoms with Crippen LogP contribution in [0.2, 0.25) is 0 Å². The molecule has 7 heteroatoms. The highest BCUT2D eigenvalue weighted by atomic mass is 32.2. The van der Waals surface area contributed by atoms with E-state index in [0.717, 1.165) is 28.4 Å². The van der Waals surface area contributed by atoms with E-state index in [1.807, 2.05) is 48.5 Å². The Kier molecular flexibility index (Phi) is 12.5. The van der Waals surface area contributed by atoms with Gasteiger partial charge < -0.3 is 23.7 Å². The van der Waals surface area contributed by atoms with Crippen LogP contribution in [-0.2, 0) is 14.3 Å². The van der Waals surface area contributed by atoms with Crippen molar-refractivity contribution in [3.8, 4) is 11.5 Å². The maximum Gasteiger partial charge on any atom is 0.166 e. The van der Waals surface area contributed by atoms with Crippen LogP contribution in [-0.4, -0.2) is 52.5 Å². The molecule has 0 heterocycles. The van der Waals surface area contributed by atoms with Gasteiger partial charge in [-0.25, -0.2) is 0 Å². The zero-order valence-corrected chi connectivity index (χ0v) is 17.7. The Hall–Kier alpha value is -1.67. The van der Waals surface area contributed by atoms with Crippen LogP contribution in [0.4, 0.5) is 0 Å². The fourth-order valence-corrected chi connectivity index (χ4v) is 3.39. The molecule has 0 aliphatic carbocycles. The first-order valence-corrected chi connectivity index (χ1v) is 10.2. The van der Waals surface area contributed by atoms with Crippen molar-refractivity contribution in [1.82, 2.24) is 0 Å².